The molecule has 2 heterocycles. The number of likely N-dealkylation sites (N-methyl/N-ethyl adjacent to an activating group) is 1. The van der Waals surface area contributed by atoms with E-state index in [1.807, 2.05) is 103 Å². The minimum Gasteiger partial charge on any atom is -0.459 e. The lowest BCUT2D eigenvalue weighted by Crippen LogP contribution is -2.31. The molecule has 10 heteroatoms. The molecule has 0 radical (unpaired) electrons. The molecule has 10 nitrogen and oxygen atoms in total. The highest BCUT2D eigenvalue weighted by Gasteiger charge is 2.29. The second kappa shape index (κ2) is 14.2. The number of nitrogen functional groups attached to an aromatic ring is 1. The van der Waals surface area contributed by atoms with E-state index in [4.69, 9.17) is 16.2 Å². The molecule has 1 amide bonds. The summed E-state index contributed by atoms with van der Waals surface area (Å²) in [6, 6.07) is 27.0. The SMILES string of the molecule is CN(CCO)c1ccc(/C=C2N=C(/C=C/c3ccccc3)N(Cc3cc(N)nc(OCc4ccc(CN)cc4)n3)C\2=O)cc1. The van der Waals surface area contributed by atoms with E-state index in [1.54, 1.807) is 17.0 Å². The Bertz CT molecular complexity index is 1670. The van der Waals surface area contributed by atoms with Gasteiger partial charge in [-0.1, -0.05) is 72.8 Å². The fourth-order valence-electron chi connectivity index (χ4n) is 4.57. The Hall–Kier alpha value is -5.32. The molecule has 3 aromatic carbocycles. The van der Waals surface area contributed by atoms with Crippen molar-refractivity contribution in [1.29, 1.82) is 0 Å². The second-order valence-corrected chi connectivity index (χ2v) is 10.2. The number of nitrogens with zero attached hydrogens (tertiary/aromatic N) is 5. The first kappa shape index (κ1) is 30.1. The highest BCUT2D eigenvalue weighted by Crippen LogP contribution is 2.24. The van der Waals surface area contributed by atoms with Gasteiger partial charge in [0.15, 0.2) is 0 Å². The number of rotatable bonds is 12. The zero-order valence-corrected chi connectivity index (χ0v) is 24.5. The maximum Gasteiger partial charge on any atom is 0.318 e. The van der Waals surface area contributed by atoms with Gasteiger partial charge in [0, 0.05) is 31.9 Å². The maximum absolute atomic E-state index is 13.7. The van der Waals surface area contributed by atoms with Gasteiger partial charge in [-0.2, -0.15) is 9.97 Å². The van der Waals surface area contributed by atoms with Crippen molar-refractivity contribution >= 4 is 35.4 Å². The van der Waals surface area contributed by atoms with E-state index in [0.29, 0.717) is 30.3 Å². The lowest BCUT2D eigenvalue weighted by atomic mass is 10.1. The Kier molecular flexibility index (Phi) is 9.75. The summed E-state index contributed by atoms with van der Waals surface area (Å²) < 4.78 is 5.84. The number of hydrogen-bond donors (Lipinski definition) is 3. The van der Waals surface area contributed by atoms with Crippen molar-refractivity contribution in [2.75, 3.05) is 30.8 Å². The van der Waals surface area contributed by atoms with Crippen molar-refractivity contribution in [1.82, 2.24) is 14.9 Å². The van der Waals surface area contributed by atoms with Crippen molar-refractivity contribution < 1.29 is 14.6 Å². The summed E-state index contributed by atoms with van der Waals surface area (Å²) >= 11 is 0. The van der Waals surface area contributed by atoms with Crippen LogP contribution in [0.2, 0.25) is 0 Å². The molecule has 1 aromatic heterocycles. The number of amidine groups is 1. The van der Waals surface area contributed by atoms with Crippen molar-refractivity contribution in [3.05, 3.63) is 125 Å². The number of carbonyl (C=O) groups is 1. The average Bonchev–Trinajstić information content (AvgIpc) is 3.33. The lowest BCUT2D eigenvalue weighted by Gasteiger charge is -2.17. The molecule has 5 N–H and O–H groups in total. The second-order valence-electron chi connectivity index (χ2n) is 10.2. The van der Waals surface area contributed by atoms with E-state index in [1.165, 1.54) is 0 Å². The molecule has 4 aromatic rings. The van der Waals surface area contributed by atoms with Gasteiger partial charge in [-0.15, -0.1) is 0 Å². The maximum atomic E-state index is 13.7. The number of aromatic nitrogens is 2. The molecular formula is C34H35N7O3. The number of hydrogen-bond acceptors (Lipinski definition) is 9. The third kappa shape index (κ3) is 7.74. The summed E-state index contributed by atoms with van der Waals surface area (Å²) in [6.45, 7) is 1.43. The van der Waals surface area contributed by atoms with Crippen molar-refractivity contribution in [3.63, 3.8) is 0 Å². The molecule has 224 valence electrons. The number of amides is 1. The summed E-state index contributed by atoms with van der Waals surface area (Å²) in [5, 5.41) is 9.23. The third-order valence-corrected chi connectivity index (χ3v) is 7.00. The average molecular weight is 590 g/mol. The van der Waals surface area contributed by atoms with Crippen LogP contribution in [0.1, 0.15) is 27.9 Å². The number of aliphatic hydroxyl groups is 1. The number of anilines is 2. The summed E-state index contributed by atoms with van der Waals surface area (Å²) in [5.74, 6) is 0.443. The molecule has 5 rings (SSSR count). The van der Waals surface area contributed by atoms with Crippen LogP contribution in [0, 0.1) is 0 Å². The molecule has 0 aliphatic carbocycles. The fourth-order valence-corrected chi connectivity index (χ4v) is 4.57. The van der Waals surface area contributed by atoms with Gasteiger partial charge in [-0.3, -0.25) is 9.69 Å². The van der Waals surface area contributed by atoms with E-state index in [9.17, 15) is 9.90 Å². The summed E-state index contributed by atoms with van der Waals surface area (Å²) in [5.41, 5.74) is 17.3. The predicted octanol–water partition coefficient (Wildman–Crippen LogP) is 4.02. The van der Waals surface area contributed by atoms with Crippen LogP contribution in [-0.4, -0.2) is 51.9 Å². The monoisotopic (exact) mass is 589 g/mol. The van der Waals surface area contributed by atoms with Gasteiger partial charge >= 0.3 is 6.01 Å². The number of nitrogens with two attached hydrogens (primary N) is 2. The highest BCUT2D eigenvalue weighted by molar-refractivity contribution is 6.18. The van der Waals surface area contributed by atoms with Gasteiger partial charge in [0.2, 0.25) is 0 Å². The molecule has 0 unspecified atom stereocenters. The van der Waals surface area contributed by atoms with Crippen LogP contribution in [0.4, 0.5) is 11.5 Å². The molecule has 0 fully saturated rings. The first-order valence-corrected chi connectivity index (χ1v) is 14.2. The minimum absolute atomic E-state index is 0.0647. The molecule has 0 bridgehead atoms. The standard InChI is InChI=1S/C34H35N7O3/c1-40(17-18-42)29-14-11-25(12-15-29)19-30-33(43)41(32(38-30)16-13-24-5-3-2-4-6-24)22-28-20-31(36)39-34(37-28)44-23-27-9-7-26(21-35)8-10-27/h2-16,19-20,42H,17-18,21-23,35H2,1H3,(H2,36,37,39)/b16-13+,30-19-. The van der Waals surface area contributed by atoms with E-state index in [-0.39, 0.29) is 37.5 Å². The first-order valence-electron chi connectivity index (χ1n) is 14.2. The zero-order chi connectivity index (χ0) is 30.9. The molecule has 0 saturated heterocycles. The van der Waals surface area contributed by atoms with Gasteiger partial charge in [-0.25, -0.2) is 4.99 Å². The molecule has 0 saturated carbocycles. The lowest BCUT2D eigenvalue weighted by molar-refractivity contribution is -0.123. The Morgan fingerprint density at radius 1 is 0.932 bits per heavy atom. The largest absolute Gasteiger partial charge is 0.459 e. The molecule has 44 heavy (non-hydrogen) atoms. The Morgan fingerprint density at radius 3 is 2.36 bits per heavy atom. The Morgan fingerprint density at radius 2 is 1.66 bits per heavy atom. The van der Waals surface area contributed by atoms with E-state index < -0.39 is 0 Å². The van der Waals surface area contributed by atoms with Crippen LogP contribution in [0.25, 0.3) is 12.2 Å². The number of ether oxygens (including phenoxy) is 1. The van der Waals surface area contributed by atoms with E-state index >= 15 is 0 Å². The smallest absolute Gasteiger partial charge is 0.318 e. The van der Waals surface area contributed by atoms with E-state index in [2.05, 4.69) is 15.0 Å². The van der Waals surface area contributed by atoms with Crippen LogP contribution in [0.15, 0.2) is 102 Å². The number of carbonyl (C=O) groups excluding carboxylic acids is 1. The summed E-state index contributed by atoms with van der Waals surface area (Å²) in [4.78, 5) is 30.6. The fraction of sp³-hybridized carbons (Fsp3) is 0.176. The normalized spacial score (nSPS) is 14.0. The summed E-state index contributed by atoms with van der Waals surface area (Å²) in [7, 11) is 1.91. The van der Waals surface area contributed by atoms with Crippen LogP contribution < -0.4 is 21.1 Å². The van der Waals surface area contributed by atoms with Gasteiger partial charge in [-0.05, 0) is 46.5 Å². The van der Waals surface area contributed by atoms with Gasteiger partial charge in [0.05, 0.1) is 18.8 Å². The molecule has 1 aliphatic heterocycles. The van der Waals surface area contributed by atoms with Gasteiger partial charge in [0.1, 0.15) is 24.0 Å². The van der Waals surface area contributed by atoms with Crippen LogP contribution >= 0.6 is 0 Å². The number of aliphatic imine (C=N–C) groups is 1. The third-order valence-electron chi connectivity index (χ3n) is 7.00. The van der Waals surface area contributed by atoms with E-state index in [0.717, 1.165) is 27.9 Å². The molecule has 0 atom stereocenters. The molecular weight excluding hydrogens is 554 g/mol. The number of benzene rings is 3. The van der Waals surface area contributed by atoms with Crippen LogP contribution in [-0.2, 0) is 24.5 Å². The Balaban J connectivity index is 1.38. The van der Waals surface area contributed by atoms with Crippen LogP contribution in [0.5, 0.6) is 6.01 Å². The molecule has 0 spiro atoms. The molecule has 1 aliphatic rings. The quantitative estimate of drug-likeness (QED) is 0.210. The summed E-state index contributed by atoms with van der Waals surface area (Å²) in [6.07, 6.45) is 5.48. The van der Waals surface area contributed by atoms with Crippen LogP contribution in [0.3, 0.4) is 0 Å². The topological polar surface area (TPSA) is 143 Å². The minimum atomic E-state index is -0.265. The van der Waals surface area contributed by atoms with Crippen molar-refractivity contribution in [3.8, 4) is 6.01 Å². The van der Waals surface area contributed by atoms with Crippen molar-refractivity contribution in [2.45, 2.75) is 19.7 Å². The zero-order valence-electron chi connectivity index (χ0n) is 24.5. The number of aliphatic hydroxyl groups excluding tert-OH is 1. The Labute approximate surface area is 256 Å². The van der Waals surface area contributed by atoms with Crippen molar-refractivity contribution in [2.24, 2.45) is 10.7 Å². The highest BCUT2D eigenvalue weighted by atomic mass is 16.5. The van der Waals surface area contributed by atoms with Gasteiger partial charge < -0.3 is 26.2 Å². The first-order chi connectivity index (χ1) is 21.4. The predicted molar refractivity (Wildman–Crippen MR) is 173 cm³/mol. The van der Waals surface area contributed by atoms with Gasteiger partial charge in [0.25, 0.3) is 5.91 Å².